The van der Waals surface area contributed by atoms with Crippen LogP contribution >= 0.6 is 11.6 Å². The fourth-order valence-electron chi connectivity index (χ4n) is 3.66. The number of rotatable bonds is 1. The first-order chi connectivity index (χ1) is 9.25. The van der Waals surface area contributed by atoms with Crippen molar-refractivity contribution in [3.63, 3.8) is 0 Å². The molecule has 1 amide bonds. The maximum absolute atomic E-state index is 12.7. The molecule has 0 spiro atoms. The van der Waals surface area contributed by atoms with Crippen molar-refractivity contribution in [2.75, 3.05) is 6.54 Å². The lowest BCUT2D eigenvalue weighted by atomic mass is 9.78. The lowest BCUT2D eigenvalue weighted by Gasteiger charge is -2.44. The summed E-state index contributed by atoms with van der Waals surface area (Å²) in [5, 5.41) is 0.642. The van der Waals surface area contributed by atoms with E-state index in [1.54, 1.807) is 6.07 Å². The summed E-state index contributed by atoms with van der Waals surface area (Å²) in [4.78, 5) is 14.8. The third-order valence-corrected chi connectivity index (χ3v) is 4.81. The first-order valence-electron chi connectivity index (χ1n) is 7.32. The van der Waals surface area contributed by atoms with E-state index in [2.05, 4.69) is 4.90 Å². The van der Waals surface area contributed by atoms with Gasteiger partial charge < -0.3 is 4.90 Å². The molecule has 2 unspecified atom stereocenters. The minimum atomic E-state index is 0.166. The van der Waals surface area contributed by atoms with Gasteiger partial charge in [0, 0.05) is 23.2 Å². The Balaban J connectivity index is 1.82. The molecule has 3 heteroatoms. The first-order valence-corrected chi connectivity index (χ1v) is 7.70. The van der Waals surface area contributed by atoms with Crippen LogP contribution in [0.4, 0.5) is 0 Å². The zero-order valence-corrected chi connectivity index (χ0v) is 11.9. The van der Waals surface area contributed by atoms with E-state index in [-0.39, 0.29) is 5.91 Å². The molecule has 19 heavy (non-hydrogen) atoms. The van der Waals surface area contributed by atoms with Crippen LogP contribution in [0, 0.1) is 5.92 Å². The van der Waals surface area contributed by atoms with Crippen LogP contribution in [-0.2, 0) is 0 Å². The molecule has 2 atom stereocenters. The molecule has 102 valence electrons. The summed E-state index contributed by atoms with van der Waals surface area (Å²) >= 11 is 5.99. The fraction of sp³-hybridized carbons (Fsp3) is 0.562. The number of likely N-dealkylation sites (tertiary alicyclic amines) is 1. The average Bonchev–Trinajstić information content (AvgIpc) is 2.46. The number of fused-ring (bicyclic) bond motifs is 1. The van der Waals surface area contributed by atoms with Crippen molar-refractivity contribution in [3.05, 3.63) is 34.9 Å². The predicted molar refractivity (Wildman–Crippen MR) is 77.5 cm³/mol. The molecule has 1 aliphatic heterocycles. The van der Waals surface area contributed by atoms with E-state index in [0.29, 0.717) is 11.1 Å². The van der Waals surface area contributed by atoms with Gasteiger partial charge in [-0.1, -0.05) is 30.5 Å². The molecule has 2 aliphatic rings. The number of hydrogen-bond donors (Lipinski definition) is 0. The summed E-state index contributed by atoms with van der Waals surface area (Å²) in [5.41, 5.74) is 0.735. The second kappa shape index (κ2) is 5.54. The number of amides is 1. The number of piperidine rings is 1. The first kappa shape index (κ1) is 13.0. The van der Waals surface area contributed by atoms with E-state index in [1.165, 1.54) is 32.1 Å². The Labute approximate surface area is 119 Å². The number of hydrogen-bond acceptors (Lipinski definition) is 1. The van der Waals surface area contributed by atoms with Crippen molar-refractivity contribution in [3.8, 4) is 0 Å². The third-order valence-electron chi connectivity index (χ3n) is 4.58. The van der Waals surface area contributed by atoms with E-state index in [4.69, 9.17) is 11.6 Å². The van der Waals surface area contributed by atoms with Crippen molar-refractivity contribution >= 4 is 17.5 Å². The minimum absolute atomic E-state index is 0.166. The Morgan fingerprint density at radius 1 is 1.16 bits per heavy atom. The van der Waals surface area contributed by atoms with E-state index in [1.807, 2.05) is 18.2 Å². The summed E-state index contributed by atoms with van der Waals surface area (Å²) in [6, 6.07) is 7.81. The molecule has 1 saturated heterocycles. The van der Waals surface area contributed by atoms with Crippen LogP contribution in [0.15, 0.2) is 24.3 Å². The largest absolute Gasteiger partial charge is 0.335 e. The van der Waals surface area contributed by atoms with Gasteiger partial charge in [-0.15, -0.1) is 0 Å². The summed E-state index contributed by atoms with van der Waals surface area (Å²) in [7, 11) is 0. The molecule has 1 heterocycles. The molecule has 2 nitrogen and oxygen atoms in total. The van der Waals surface area contributed by atoms with Gasteiger partial charge in [0.2, 0.25) is 0 Å². The van der Waals surface area contributed by atoms with E-state index in [9.17, 15) is 4.79 Å². The zero-order valence-electron chi connectivity index (χ0n) is 11.1. The Morgan fingerprint density at radius 3 is 2.79 bits per heavy atom. The monoisotopic (exact) mass is 277 g/mol. The second-order valence-electron chi connectivity index (χ2n) is 5.76. The van der Waals surface area contributed by atoms with Gasteiger partial charge in [0.25, 0.3) is 5.91 Å². The Hall–Kier alpha value is -1.02. The third kappa shape index (κ3) is 2.64. The number of nitrogens with zero attached hydrogens (tertiary/aromatic N) is 1. The van der Waals surface area contributed by atoms with Gasteiger partial charge in [0.15, 0.2) is 0 Å². The zero-order chi connectivity index (χ0) is 13.2. The topological polar surface area (TPSA) is 20.3 Å². The number of carbonyl (C=O) groups is 1. The molecular formula is C16H20ClNO. The van der Waals surface area contributed by atoms with Gasteiger partial charge in [-0.05, 0) is 49.8 Å². The summed E-state index contributed by atoms with van der Waals surface area (Å²) in [5.74, 6) is 0.893. The number of benzene rings is 1. The van der Waals surface area contributed by atoms with Gasteiger partial charge in [0.05, 0.1) is 0 Å². The van der Waals surface area contributed by atoms with E-state index < -0.39 is 0 Å². The molecule has 0 aromatic heterocycles. The number of halogens is 1. The van der Waals surface area contributed by atoms with Gasteiger partial charge in [0.1, 0.15) is 0 Å². The highest BCUT2D eigenvalue weighted by molar-refractivity contribution is 6.30. The number of carbonyl (C=O) groups excluding carboxylic acids is 1. The van der Waals surface area contributed by atoms with E-state index in [0.717, 1.165) is 24.4 Å². The molecule has 1 aromatic rings. The molecule has 3 rings (SSSR count). The van der Waals surface area contributed by atoms with Crippen LogP contribution in [-0.4, -0.2) is 23.4 Å². The molecular weight excluding hydrogens is 258 g/mol. The standard InChI is InChI=1S/C16H20ClNO/c17-14-8-3-6-13(11-14)16(19)18-10-4-7-12-5-1-2-9-15(12)18/h3,6,8,11-12,15H,1-2,4-5,7,9-10H2. The van der Waals surface area contributed by atoms with Crippen LogP contribution in [0.25, 0.3) is 0 Å². The maximum atomic E-state index is 12.7. The highest BCUT2D eigenvalue weighted by Crippen LogP contribution is 2.36. The molecule has 1 saturated carbocycles. The quantitative estimate of drug-likeness (QED) is 0.756. The van der Waals surface area contributed by atoms with Crippen LogP contribution in [0.5, 0.6) is 0 Å². The van der Waals surface area contributed by atoms with Crippen LogP contribution < -0.4 is 0 Å². The van der Waals surface area contributed by atoms with Gasteiger partial charge >= 0.3 is 0 Å². The Bertz CT molecular complexity index is 472. The normalized spacial score (nSPS) is 26.9. The van der Waals surface area contributed by atoms with Crippen LogP contribution in [0.2, 0.25) is 5.02 Å². The molecule has 0 N–H and O–H groups in total. The van der Waals surface area contributed by atoms with Crippen molar-refractivity contribution in [1.29, 1.82) is 0 Å². The lowest BCUT2D eigenvalue weighted by Crippen LogP contribution is -2.49. The molecule has 0 radical (unpaired) electrons. The summed E-state index contributed by atoms with van der Waals surface area (Å²) in [6.45, 7) is 0.909. The Morgan fingerprint density at radius 2 is 1.95 bits per heavy atom. The highest BCUT2D eigenvalue weighted by Gasteiger charge is 2.35. The van der Waals surface area contributed by atoms with E-state index >= 15 is 0 Å². The lowest BCUT2D eigenvalue weighted by molar-refractivity contribution is 0.0390. The molecule has 1 aromatic carbocycles. The molecule has 2 fully saturated rings. The molecule has 1 aliphatic carbocycles. The average molecular weight is 278 g/mol. The maximum Gasteiger partial charge on any atom is 0.254 e. The summed E-state index contributed by atoms with van der Waals surface area (Å²) in [6.07, 6.45) is 7.51. The second-order valence-corrected chi connectivity index (χ2v) is 6.20. The van der Waals surface area contributed by atoms with Gasteiger partial charge in [-0.25, -0.2) is 0 Å². The molecule has 0 bridgehead atoms. The fourth-order valence-corrected chi connectivity index (χ4v) is 3.85. The Kier molecular flexibility index (Phi) is 3.79. The van der Waals surface area contributed by atoms with Crippen molar-refractivity contribution in [1.82, 2.24) is 4.90 Å². The van der Waals surface area contributed by atoms with Crippen molar-refractivity contribution in [2.45, 2.75) is 44.6 Å². The smallest absolute Gasteiger partial charge is 0.254 e. The highest BCUT2D eigenvalue weighted by atomic mass is 35.5. The van der Waals surface area contributed by atoms with Crippen LogP contribution in [0.3, 0.4) is 0 Å². The summed E-state index contributed by atoms with van der Waals surface area (Å²) < 4.78 is 0. The van der Waals surface area contributed by atoms with Crippen molar-refractivity contribution in [2.24, 2.45) is 5.92 Å². The van der Waals surface area contributed by atoms with Gasteiger partial charge in [-0.2, -0.15) is 0 Å². The predicted octanol–water partition coefficient (Wildman–Crippen LogP) is 4.13. The minimum Gasteiger partial charge on any atom is -0.335 e. The van der Waals surface area contributed by atoms with Crippen molar-refractivity contribution < 1.29 is 4.79 Å². The van der Waals surface area contributed by atoms with Crippen LogP contribution in [0.1, 0.15) is 48.9 Å². The van der Waals surface area contributed by atoms with Gasteiger partial charge in [-0.3, -0.25) is 4.79 Å². The SMILES string of the molecule is O=C(c1cccc(Cl)c1)N1CCCC2CCCCC21.